The molecule has 0 fully saturated rings. The number of urea groups is 1. The van der Waals surface area contributed by atoms with Crippen molar-refractivity contribution in [1.29, 1.82) is 0 Å². The molecule has 1 aromatic carbocycles. The van der Waals surface area contributed by atoms with E-state index in [1.807, 2.05) is 0 Å². The average molecular weight is 358 g/mol. The third-order valence-electron chi connectivity index (χ3n) is 3.23. The van der Waals surface area contributed by atoms with Crippen LogP contribution in [0.5, 0.6) is 0 Å². The first-order valence-electron chi connectivity index (χ1n) is 7.52. The Morgan fingerprint density at radius 3 is 2.64 bits per heavy atom. The molecule has 0 unspecified atom stereocenters. The largest absolute Gasteiger partial charge is 0.465 e. The molecule has 0 bridgehead atoms. The van der Waals surface area contributed by atoms with Gasteiger partial charge in [0.15, 0.2) is 0 Å². The number of rotatable bonds is 6. The van der Waals surface area contributed by atoms with Gasteiger partial charge in [0.25, 0.3) is 0 Å². The van der Waals surface area contributed by atoms with Crippen LogP contribution < -0.4 is 10.6 Å². The van der Waals surface area contributed by atoms with Gasteiger partial charge in [-0.3, -0.25) is 4.79 Å². The van der Waals surface area contributed by atoms with Crippen molar-refractivity contribution >= 4 is 23.0 Å². The molecule has 2 amide bonds. The zero-order valence-electron chi connectivity index (χ0n) is 13.4. The fourth-order valence-corrected chi connectivity index (χ4v) is 2.23. The number of para-hydroxylation sites is 2. The van der Waals surface area contributed by atoms with E-state index in [9.17, 15) is 22.8 Å². The van der Waals surface area contributed by atoms with Gasteiger partial charge in [-0.25, -0.2) is 9.78 Å². The maximum atomic E-state index is 13.1. The van der Waals surface area contributed by atoms with Crippen molar-refractivity contribution < 1.29 is 27.5 Å². The standard InChI is InChI=1S/C15H17F3N4O3/c1-2-25-12(23)9-20-14(24)19-7-8-22-11-6-4-3-5-10(11)21-13(22)15(16,17)18/h3-6H,2,7-9H2,1H3,(H2,19,20,24). The average Bonchev–Trinajstić information content (AvgIpc) is 2.92. The summed E-state index contributed by atoms with van der Waals surface area (Å²) in [5.41, 5.74) is 0.546. The van der Waals surface area contributed by atoms with Crippen molar-refractivity contribution in [2.75, 3.05) is 19.7 Å². The molecule has 7 nitrogen and oxygen atoms in total. The van der Waals surface area contributed by atoms with Crippen molar-refractivity contribution in [1.82, 2.24) is 20.2 Å². The number of hydrogen-bond donors (Lipinski definition) is 2. The number of carbonyl (C=O) groups is 2. The number of carbonyl (C=O) groups excluding carboxylic acids is 2. The summed E-state index contributed by atoms with van der Waals surface area (Å²) in [7, 11) is 0. The lowest BCUT2D eigenvalue weighted by Gasteiger charge is -2.12. The number of esters is 1. The van der Waals surface area contributed by atoms with Crippen LogP contribution in [0.25, 0.3) is 11.0 Å². The molecule has 0 aliphatic rings. The quantitative estimate of drug-likeness (QED) is 0.773. The Hall–Kier alpha value is -2.78. The van der Waals surface area contributed by atoms with Gasteiger partial charge in [0.05, 0.1) is 17.6 Å². The molecule has 0 saturated carbocycles. The maximum absolute atomic E-state index is 13.1. The number of aromatic nitrogens is 2. The van der Waals surface area contributed by atoms with Crippen LogP contribution >= 0.6 is 0 Å². The van der Waals surface area contributed by atoms with E-state index in [2.05, 4.69) is 20.4 Å². The van der Waals surface area contributed by atoms with Crippen molar-refractivity contribution in [2.45, 2.75) is 19.6 Å². The van der Waals surface area contributed by atoms with Crippen molar-refractivity contribution in [3.63, 3.8) is 0 Å². The highest BCUT2D eigenvalue weighted by atomic mass is 19.4. The topological polar surface area (TPSA) is 85.2 Å². The normalized spacial score (nSPS) is 11.4. The highest BCUT2D eigenvalue weighted by Gasteiger charge is 2.37. The molecule has 0 atom stereocenters. The second-order valence-electron chi connectivity index (χ2n) is 4.99. The fraction of sp³-hybridized carbons (Fsp3) is 0.400. The van der Waals surface area contributed by atoms with Crippen LogP contribution in [0.15, 0.2) is 24.3 Å². The van der Waals surface area contributed by atoms with Crippen LogP contribution in [0.4, 0.5) is 18.0 Å². The van der Waals surface area contributed by atoms with Crippen LogP contribution in [0.1, 0.15) is 12.7 Å². The third-order valence-corrected chi connectivity index (χ3v) is 3.23. The lowest BCUT2D eigenvalue weighted by atomic mass is 10.3. The van der Waals surface area contributed by atoms with Gasteiger partial charge in [0.2, 0.25) is 5.82 Å². The lowest BCUT2D eigenvalue weighted by molar-refractivity contribution is -0.147. The summed E-state index contributed by atoms with van der Waals surface area (Å²) in [5.74, 6) is -1.62. The summed E-state index contributed by atoms with van der Waals surface area (Å²) >= 11 is 0. The predicted molar refractivity (Wildman–Crippen MR) is 82.8 cm³/mol. The number of halogens is 3. The molecule has 10 heteroatoms. The number of benzene rings is 1. The minimum Gasteiger partial charge on any atom is -0.465 e. The zero-order valence-corrected chi connectivity index (χ0v) is 13.4. The van der Waals surface area contributed by atoms with Crippen LogP contribution in [0.2, 0.25) is 0 Å². The minimum atomic E-state index is -4.61. The van der Waals surface area contributed by atoms with Gasteiger partial charge in [-0.15, -0.1) is 0 Å². The number of fused-ring (bicyclic) bond motifs is 1. The number of alkyl halides is 3. The first-order chi connectivity index (χ1) is 11.8. The Morgan fingerprint density at radius 1 is 1.24 bits per heavy atom. The van der Waals surface area contributed by atoms with E-state index in [1.54, 1.807) is 19.1 Å². The van der Waals surface area contributed by atoms with Crippen LogP contribution in [-0.4, -0.2) is 41.2 Å². The smallest absolute Gasteiger partial charge is 0.449 e. The Bertz CT molecular complexity index is 758. The first-order valence-corrected chi connectivity index (χ1v) is 7.52. The van der Waals surface area contributed by atoms with E-state index >= 15 is 0 Å². The molecule has 1 heterocycles. The lowest BCUT2D eigenvalue weighted by Crippen LogP contribution is -2.40. The van der Waals surface area contributed by atoms with E-state index in [4.69, 9.17) is 0 Å². The summed E-state index contributed by atoms with van der Waals surface area (Å²) < 4.78 is 45.0. The summed E-state index contributed by atoms with van der Waals surface area (Å²) in [4.78, 5) is 26.3. The van der Waals surface area contributed by atoms with Crippen molar-refractivity contribution in [3.05, 3.63) is 30.1 Å². The Labute approximate surface area is 141 Å². The van der Waals surface area contributed by atoms with Crippen molar-refractivity contribution in [3.8, 4) is 0 Å². The van der Waals surface area contributed by atoms with Gasteiger partial charge in [0.1, 0.15) is 6.54 Å². The van der Waals surface area contributed by atoms with Crippen molar-refractivity contribution in [2.24, 2.45) is 0 Å². The molecule has 0 spiro atoms. The fourth-order valence-electron chi connectivity index (χ4n) is 2.23. The zero-order chi connectivity index (χ0) is 18.4. The Balaban J connectivity index is 1.99. The SMILES string of the molecule is CCOC(=O)CNC(=O)NCCn1c(C(F)(F)F)nc2ccccc21. The van der Waals surface area contributed by atoms with E-state index in [-0.39, 0.29) is 31.8 Å². The summed E-state index contributed by atoms with van der Waals surface area (Å²) in [5, 5.41) is 4.65. The van der Waals surface area contributed by atoms with Gasteiger partial charge in [-0.2, -0.15) is 13.2 Å². The molecule has 0 saturated heterocycles. The van der Waals surface area contributed by atoms with Crippen LogP contribution in [0, 0.1) is 0 Å². The molecular formula is C15H17F3N4O3. The number of amides is 2. The summed E-state index contributed by atoms with van der Waals surface area (Å²) in [6.45, 7) is 1.31. The van der Waals surface area contributed by atoms with E-state index in [0.717, 1.165) is 4.57 Å². The monoisotopic (exact) mass is 358 g/mol. The summed E-state index contributed by atoms with van der Waals surface area (Å²) in [6.07, 6.45) is -4.61. The van der Waals surface area contributed by atoms with E-state index < -0.39 is 24.0 Å². The highest BCUT2D eigenvalue weighted by molar-refractivity contribution is 5.80. The molecule has 0 radical (unpaired) electrons. The molecule has 2 aromatic rings. The molecule has 0 aliphatic carbocycles. The number of nitrogens with one attached hydrogen (secondary N) is 2. The molecular weight excluding hydrogens is 341 g/mol. The van der Waals surface area contributed by atoms with Gasteiger partial charge >= 0.3 is 18.2 Å². The second kappa shape index (κ2) is 7.86. The number of ether oxygens (including phenoxy) is 1. The number of hydrogen-bond acceptors (Lipinski definition) is 4. The first kappa shape index (κ1) is 18.6. The predicted octanol–water partition coefficient (Wildman–Crippen LogP) is 1.92. The molecule has 136 valence electrons. The molecule has 0 aliphatic heterocycles. The maximum Gasteiger partial charge on any atom is 0.449 e. The van der Waals surface area contributed by atoms with Gasteiger partial charge in [0, 0.05) is 13.1 Å². The number of nitrogens with zero attached hydrogens (tertiary/aromatic N) is 2. The highest BCUT2D eigenvalue weighted by Crippen LogP contribution is 2.31. The van der Waals surface area contributed by atoms with E-state index in [0.29, 0.717) is 5.52 Å². The Kier molecular flexibility index (Phi) is 5.84. The molecule has 2 N–H and O–H groups in total. The molecule has 25 heavy (non-hydrogen) atoms. The number of imidazole rings is 1. The second-order valence-corrected chi connectivity index (χ2v) is 4.99. The third kappa shape index (κ3) is 4.85. The van der Waals surface area contributed by atoms with Gasteiger partial charge < -0.3 is 19.9 Å². The molecule has 2 rings (SSSR count). The molecule has 1 aromatic heterocycles. The van der Waals surface area contributed by atoms with Gasteiger partial charge in [-0.1, -0.05) is 12.1 Å². The summed E-state index contributed by atoms with van der Waals surface area (Å²) in [6, 6.07) is 5.55. The van der Waals surface area contributed by atoms with Crippen LogP contribution in [0.3, 0.4) is 0 Å². The van der Waals surface area contributed by atoms with E-state index in [1.165, 1.54) is 12.1 Å². The Morgan fingerprint density at radius 2 is 1.96 bits per heavy atom. The minimum absolute atomic E-state index is 0.0713. The van der Waals surface area contributed by atoms with Gasteiger partial charge in [-0.05, 0) is 19.1 Å². The van der Waals surface area contributed by atoms with Crippen LogP contribution in [-0.2, 0) is 22.3 Å².